The third-order valence-electron chi connectivity index (χ3n) is 1.84. The summed E-state index contributed by atoms with van der Waals surface area (Å²) in [6.07, 6.45) is 3.19. The Balaban J connectivity index is 3.59. The molecule has 13 heavy (non-hydrogen) atoms. The lowest BCUT2D eigenvalue weighted by Crippen LogP contribution is -2.09. The summed E-state index contributed by atoms with van der Waals surface area (Å²) in [5.41, 5.74) is 0. The summed E-state index contributed by atoms with van der Waals surface area (Å²) in [4.78, 5) is 22.4. The zero-order chi connectivity index (χ0) is 10.3. The van der Waals surface area contributed by atoms with E-state index in [1.165, 1.54) is 0 Å². The fraction of sp³-hybridized carbons (Fsp3) is 0.818. The van der Waals surface area contributed by atoms with E-state index < -0.39 is 0 Å². The first-order valence-electron chi connectivity index (χ1n) is 5.09. The zero-order valence-corrected chi connectivity index (χ0v) is 8.93. The fourth-order valence-electron chi connectivity index (χ4n) is 1.21. The predicted octanol–water partition coefficient (Wildman–Crippen LogP) is 2.75. The Labute approximate surface area is 80.7 Å². The molecule has 0 rings (SSSR count). The van der Waals surface area contributed by atoms with Crippen LogP contribution in [0, 0.1) is 5.92 Å². The third-order valence-corrected chi connectivity index (χ3v) is 1.84. The van der Waals surface area contributed by atoms with Crippen LogP contribution in [0.2, 0.25) is 0 Å². The van der Waals surface area contributed by atoms with E-state index >= 15 is 0 Å². The minimum absolute atomic E-state index is 0.0936. The van der Waals surface area contributed by atoms with Gasteiger partial charge in [-0.2, -0.15) is 0 Å². The highest BCUT2D eigenvalue weighted by atomic mass is 16.1. The molecule has 0 N–H and O–H groups in total. The molecule has 0 aliphatic rings. The first-order valence-corrected chi connectivity index (χ1v) is 5.09. The number of hydrogen-bond donors (Lipinski definition) is 0. The zero-order valence-electron chi connectivity index (χ0n) is 8.93. The van der Waals surface area contributed by atoms with E-state index in [0.717, 1.165) is 12.8 Å². The van der Waals surface area contributed by atoms with Gasteiger partial charge in [0.25, 0.3) is 0 Å². The summed E-state index contributed by atoms with van der Waals surface area (Å²) in [7, 11) is 0. The molecule has 0 fully saturated rings. The van der Waals surface area contributed by atoms with Crippen molar-refractivity contribution in [3.63, 3.8) is 0 Å². The molecule has 0 atom stereocenters. The molecule has 0 radical (unpaired) electrons. The summed E-state index contributed by atoms with van der Waals surface area (Å²) < 4.78 is 0. The molecule has 0 aromatic carbocycles. The highest BCUT2D eigenvalue weighted by molar-refractivity contribution is 5.99. The van der Waals surface area contributed by atoms with Crippen LogP contribution in [0.25, 0.3) is 0 Å². The summed E-state index contributed by atoms with van der Waals surface area (Å²) in [6, 6.07) is 0. The monoisotopic (exact) mass is 184 g/mol. The lowest BCUT2D eigenvalue weighted by molar-refractivity contribution is -0.127. The van der Waals surface area contributed by atoms with Crippen molar-refractivity contribution >= 4 is 11.6 Å². The minimum Gasteiger partial charge on any atom is -0.299 e. The van der Waals surface area contributed by atoms with Crippen LogP contribution in [-0.4, -0.2) is 11.6 Å². The van der Waals surface area contributed by atoms with Gasteiger partial charge in [0.05, 0.1) is 6.42 Å². The van der Waals surface area contributed by atoms with Crippen molar-refractivity contribution in [2.75, 3.05) is 0 Å². The number of ketones is 2. The van der Waals surface area contributed by atoms with Gasteiger partial charge >= 0.3 is 0 Å². The van der Waals surface area contributed by atoms with Crippen LogP contribution in [0.5, 0.6) is 0 Å². The molecule has 0 aliphatic heterocycles. The van der Waals surface area contributed by atoms with Crippen molar-refractivity contribution in [2.24, 2.45) is 5.92 Å². The van der Waals surface area contributed by atoms with E-state index in [-0.39, 0.29) is 18.0 Å². The van der Waals surface area contributed by atoms with Gasteiger partial charge in [0.2, 0.25) is 0 Å². The molecule has 0 bridgehead atoms. The van der Waals surface area contributed by atoms with Crippen LogP contribution in [0.15, 0.2) is 0 Å². The molecule has 0 aliphatic carbocycles. The third kappa shape index (κ3) is 7.69. The molecule has 2 heteroatoms. The Morgan fingerprint density at radius 2 is 1.77 bits per heavy atom. The molecule has 0 unspecified atom stereocenters. The number of hydrogen-bond acceptors (Lipinski definition) is 2. The molecular formula is C11H20O2. The second-order valence-electron chi connectivity index (χ2n) is 3.96. The highest BCUT2D eigenvalue weighted by Crippen LogP contribution is 2.05. The Morgan fingerprint density at radius 3 is 2.23 bits per heavy atom. The van der Waals surface area contributed by atoms with Gasteiger partial charge in [-0.25, -0.2) is 0 Å². The molecule has 0 heterocycles. The molecule has 2 nitrogen and oxygen atoms in total. The second-order valence-corrected chi connectivity index (χ2v) is 3.96. The average Bonchev–Trinajstić information content (AvgIpc) is 1.98. The first-order chi connectivity index (χ1) is 6.06. The number of unbranched alkanes of at least 4 members (excludes halogenated alkanes) is 1. The predicted molar refractivity (Wildman–Crippen MR) is 53.6 cm³/mol. The van der Waals surface area contributed by atoms with Crippen molar-refractivity contribution < 1.29 is 9.59 Å². The van der Waals surface area contributed by atoms with Crippen LogP contribution in [0.3, 0.4) is 0 Å². The maximum atomic E-state index is 11.2. The van der Waals surface area contributed by atoms with Crippen LogP contribution in [0.1, 0.15) is 52.9 Å². The Bertz CT molecular complexity index is 171. The Kier molecular flexibility index (Phi) is 6.47. The van der Waals surface area contributed by atoms with Crippen LogP contribution < -0.4 is 0 Å². The minimum atomic E-state index is 0.0936. The first kappa shape index (κ1) is 12.3. The topological polar surface area (TPSA) is 34.1 Å². The lowest BCUT2D eigenvalue weighted by Gasteiger charge is -2.02. The Hall–Kier alpha value is -0.660. The van der Waals surface area contributed by atoms with Crippen molar-refractivity contribution in [1.29, 1.82) is 0 Å². The smallest absolute Gasteiger partial charge is 0.140 e. The van der Waals surface area contributed by atoms with Crippen LogP contribution >= 0.6 is 0 Å². The number of carbonyl (C=O) groups is 2. The Morgan fingerprint density at radius 1 is 1.15 bits per heavy atom. The normalized spacial score (nSPS) is 10.5. The van der Waals surface area contributed by atoms with Crippen molar-refractivity contribution in [3.8, 4) is 0 Å². The molecule has 0 saturated carbocycles. The largest absolute Gasteiger partial charge is 0.299 e. The average molecular weight is 184 g/mol. The molecule has 76 valence electrons. The van der Waals surface area contributed by atoms with Gasteiger partial charge in [0.1, 0.15) is 11.6 Å². The molecule has 0 amide bonds. The summed E-state index contributed by atoms with van der Waals surface area (Å²) in [5.74, 6) is 0.565. The maximum Gasteiger partial charge on any atom is 0.140 e. The lowest BCUT2D eigenvalue weighted by atomic mass is 10.0. The summed E-state index contributed by atoms with van der Waals surface area (Å²) in [6.45, 7) is 6.03. The second kappa shape index (κ2) is 6.81. The fourth-order valence-corrected chi connectivity index (χ4v) is 1.21. The number of carbonyl (C=O) groups excluding carboxylic acids is 2. The van der Waals surface area contributed by atoms with Gasteiger partial charge in [-0.05, 0) is 12.3 Å². The van der Waals surface area contributed by atoms with E-state index in [2.05, 4.69) is 0 Å². The van der Waals surface area contributed by atoms with Gasteiger partial charge in [-0.15, -0.1) is 0 Å². The van der Waals surface area contributed by atoms with E-state index in [0.29, 0.717) is 18.8 Å². The maximum absolute atomic E-state index is 11.2. The van der Waals surface area contributed by atoms with E-state index in [1.807, 2.05) is 20.8 Å². The van der Waals surface area contributed by atoms with Crippen LogP contribution in [0.4, 0.5) is 0 Å². The molecule has 0 aromatic rings. The van der Waals surface area contributed by atoms with Gasteiger partial charge in [0.15, 0.2) is 0 Å². The molecular weight excluding hydrogens is 164 g/mol. The molecule has 0 spiro atoms. The quantitative estimate of drug-likeness (QED) is 0.570. The summed E-state index contributed by atoms with van der Waals surface area (Å²) in [5, 5.41) is 0. The van der Waals surface area contributed by atoms with Gasteiger partial charge in [0, 0.05) is 12.8 Å². The van der Waals surface area contributed by atoms with Crippen molar-refractivity contribution in [3.05, 3.63) is 0 Å². The summed E-state index contributed by atoms with van der Waals surface area (Å²) >= 11 is 0. The van der Waals surface area contributed by atoms with E-state index in [9.17, 15) is 9.59 Å². The molecule has 0 saturated heterocycles. The number of Topliss-reactive ketones (excluding diaryl/α,β-unsaturated/α-hetero) is 2. The van der Waals surface area contributed by atoms with E-state index in [4.69, 9.17) is 0 Å². The molecule has 0 aromatic heterocycles. The van der Waals surface area contributed by atoms with Gasteiger partial charge in [-0.1, -0.05) is 27.2 Å². The highest BCUT2D eigenvalue weighted by Gasteiger charge is 2.10. The van der Waals surface area contributed by atoms with Crippen LogP contribution in [-0.2, 0) is 9.59 Å². The van der Waals surface area contributed by atoms with Gasteiger partial charge in [-0.3, -0.25) is 9.59 Å². The number of rotatable bonds is 7. The standard InChI is InChI=1S/C11H20O2/c1-4-5-6-10(12)8-11(13)7-9(2)3/h9H,4-8H2,1-3H3. The van der Waals surface area contributed by atoms with Crippen molar-refractivity contribution in [1.82, 2.24) is 0 Å². The van der Waals surface area contributed by atoms with Gasteiger partial charge < -0.3 is 0 Å². The van der Waals surface area contributed by atoms with Crippen molar-refractivity contribution in [2.45, 2.75) is 52.9 Å². The SMILES string of the molecule is CCCCC(=O)CC(=O)CC(C)C. The van der Waals surface area contributed by atoms with E-state index in [1.54, 1.807) is 0 Å².